The van der Waals surface area contributed by atoms with Gasteiger partial charge in [-0.1, -0.05) is 6.07 Å². The maximum atomic E-state index is 12.5. The number of aromatic carboxylic acids is 1. The van der Waals surface area contributed by atoms with Crippen molar-refractivity contribution in [2.24, 2.45) is 0 Å². The minimum atomic E-state index is -4.58. The Morgan fingerprint density at radius 2 is 2.00 bits per heavy atom. The number of benzene rings is 1. The number of aromatic nitrogens is 3. The number of anilines is 1. The molecule has 12 nitrogen and oxygen atoms in total. The molecule has 1 aromatic carbocycles. The molecule has 0 atom stereocenters. The predicted molar refractivity (Wildman–Crippen MR) is 93.2 cm³/mol. The first-order valence-electron chi connectivity index (χ1n) is 7.50. The van der Waals surface area contributed by atoms with Crippen molar-refractivity contribution in [3.05, 3.63) is 35.2 Å². The fraction of sp³-hybridized carbons (Fsp3) is 0.200. The van der Waals surface area contributed by atoms with E-state index in [1.807, 2.05) is 6.07 Å². The number of rotatable bonds is 6. The van der Waals surface area contributed by atoms with Gasteiger partial charge in [-0.3, -0.25) is 5.32 Å². The molecule has 0 unspecified atom stereocenters. The van der Waals surface area contributed by atoms with Crippen LogP contribution < -0.4 is 14.8 Å². The number of urea groups is 1. The third-order valence-electron chi connectivity index (χ3n) is 3.21. The van der Waals surface area contributed by atoms with E-state index < -0.39 is 32.5 Å². The van der Waals surface area contributed by atoms with Crippen molar-refractivity contribution in [2.75, 3.05) is 12.4 Å². The Morgan fingerprint density at radius 1 is 1.29 bits per heavy atom. The number of nitrogens with zero attached hydrogens (tertiary/aromatic N) is 4. The SMILES string of the molecule is COc1nc(C)nc(NC(=O)NS(=O)(=O)c2cc(CC#N)ccc2C(=O)O)n1. The molecule has 0 aliphatic carbocycles. The lowest BCUT2D eigenvalue weighted by Gasteiger charge is -2.11. The summed E-state index contributed by atoms with van der Waals surface area (Å²) in [7, 11) is -3.28. The number of ether oxygens (including phenoxy) is 1. The molecule has 1 aromatic heterocycles. The van der Waals surface area contributed by atoms with Crippen molar-refractivity contribution in [1.82, 2.24) is 19.7 Å². The number of nitriles is 1. The number of nitrogens with one attached hydrogen (secondary N) is 2. The summed E-state index contributed by atoms with van der Waals surface area (Å²) in [6, 6.07) is 3.87. The second-order valence-corrected chi connectivity index (χ2v) is 6.87. The van der Waals surface area contributed by atoms with Crippen LogP contribution in [0.2, 0.25) is 0 Å². The average molecular weight is 406 g/mol. The lowest BCUT2D eigenvalue weighted by Crippen LogP contribution is -2.35. The number of hydrogen-bond donors (Lipinski definition) is 3. The molecule has 2 amide bonds. The van der Waals surface area contributed by atoms with Gasteiger partial charge in [0.2, 0.25) is 5.95 Å². The van der Waals surface area contributed by atoms with Crippen LogP contribution in [0, 0.1) is 18.3 Å². The predicted octanol–water partition coefficient (Wildman–Crippen LogP) is 0.463. The number of carbonyl (C=O) groups excluding carboxylic acids is 1. The highest BCUT2D eigenvalue weighted by atomic mass is 32.2. The average Bonchev–Trinajstić information content (AvgIpc) is 2.60. The molecule has 2 rings (SSSR count). The highest BCUT2D eigenvalue weighted by molar-refractivity contribution is 7.90. The Balaban J connectivity index is 2.31. The number of carbonyl (C=O) groups is 2. The number of sulfonamides is 1. The maximum absolute atomic E-state index is 12.5. The zero-order valence-electron chi connectivity index (χ0n) is 14.6. The number of carboxylic acids is 1. The minimum Gasteiger partial charge on any atom is -0.478 e. The Bertz CT molecular complexity index is 1080. The first-order chi connectivity index (χ1) is 13.2. The Hall–Kier alpha value is -3.79. The number of hydrogen-bond acceptors (Lipinski definition) is 9. The quantitative estimate of drug-likeness (QED) is 0.609. The summed E-state index contributed by atoms with van der Waals surface area (Å²) in [4.78, 5) is 34.1. The van der Waals surface area contributed by atoms with E-state index in [9.17, 15) is 23.1 Å². The first-order valence-corrected chi connectivity index (χ1v) is 8.98. The molecule has 0 fully saturated rings. The van der Waals surface area contributed by atoms with E-state index in [1.54, 1.807) is 4.72 Å². The third kappa shape index (κ3) is 4.89. The van der Waals surface area contributed by atoms with E-state index in [0.717, 1.165) is 12.1 Å². The van der Waals surface area contributed by atoms with Crippen LogP contribution in [-0.4, -0.2) is 47.6 Å². The monoisotopic (exact) mass is 406 g/mol. The van der Waals surface area contributed by atoms with Gasteiger partial charge in [0.15, 0.2) is 0 Å². The molecular formula is C15H14N6O6S. The Labute approximate surface area is 159 Å². The summed E-state index contributed by atoms with van der Waals surface area (Å²) < 4.78 is 31.5. The van der Waals surface area contributed by atoms with Gasteiger partial charge in [-0.2, -0.15) is 20.2 Å². The molecule has 1 heterocycles. The van der Waals surface area contributed by atoms with Gasteiger partial charge in [0.1, 0.15) is 10.7 Å². The van der Waals surface area contributed by atoms with E-state index >= 15 is 0 Å². The van der Waals surface area contributed by atoms with E-state index in [4.69, 9.17) is 10.00 Å². The summed E-state index contributed by atoms with van der Waals surface area (Å²) in [6.07, 6.45) is -0.140. The van der Waals surface area contributed by atoms with Gasteiger partial charge in [-0.25, -0.2) is 22.7 Å². The summed E-state index contributed by atoms with van der Waals surface area (Å²) in [5, 5.41) is 20.1. The summed E-state index contributed by atoms with van der Waals surface area (Å²) >= 11 is 0. The summed E-state index contributed by atoms with van der Waals surface area (Å²) in [5.41, 5.74) is -0.286. The van der Waals surface area contributed by atoms with E-state index in [1.165, 1.54) is 20.1 Å². The molecule has 0 saturated heterocycles. The molecule has 0 aliphatic rings. The van der Waals surface area contributed by atoms with Crippen molar-refractivity contribution in [3.8, 4) is 12.1 Å². The Kier molecular flexibility index (Phi) is 6.06. The zero-order valence-corrected chi connectivity index (χ0v) is 15.4. The molecule has 0 radical (unpaired) electrons. The van der Waals surface area contributed by atoms with Gasteiger partial charge < -0.3 is 9.84 Å². The number of methoxy groups -OCH3 is 1. The molecule has 28 heavy (non-hydrogen) atoms. The second kappa shape index (κ2) is 8.27. The largest absolute Gasteiger partial charge is 0.478 e. The minimum absolute atomic E-state index is 0.0944. The third-order valence-corrected chi connectivity index (χ3v) is 4.58. The first kappa shape index (κ1) is 20.5. The smallest absolute Gasteiger partial charge is 0.337 e. The second-order valence-electron chi connectivity index (χ2n) is 5.22. The van der Waals surface area contributed by atoms with Crippen LogP contribution in [0.1, 0.15) is 21.7 Å². The van der Waals surface area contributed by atoms with Crippen LogP contribution in [0.25, 0.3) is 0 Å². The molecule has 0 spiro atoms. The molecule has 146 valence electrons. The van der Waals surface area contributed by atoms with Crippen LogP contribution in [0.5, 0.6) is 6.01 Å². The van der Waals surface area contributed by atoms with E-state index in [-0.39, 0.29) is 29.8 Å². The molecular weight excluding hydrogens is 392 g/mol. The fourth-order valence-corrected chi connectivity index (χ4v) is 3.23. The van der Waals surface area contributed by atoms with Crippen LogP contribution in [0.15, 0.2) is 23.1 Å². The summed E-state index contributed by atoms with van der Waals surface area (Å²) in [5.74, 6) is -1.57. The highest BCUT2D eigenvalue weighted by Gasteiger charge is 2.25. The number of amides is 2. The van der Waals surface area contributed by atoms with Crippen LogP contribution in [-0.2, 0) is 16.4 Å². The lowest BCUT2D eigenvalue weighted by molar-refractivity contribution is 0.0692. The standard InChI is InChI=1S/C15H14N6O6S/c1-8-17-13(20-15(18-8)27-2)19-14(24)21-28(25,26)11-7-9(5-6-16)3-4-10(11)12(22)23/h3-4,7H,5H2,1-2H3,(H,22,23)(H2,17,18,19,20,21,24). The van der Waals surface area contributed by atoms with Gasteiger partial charge in [-0.15, -0.1) is 0 Å². The van der Waals surface area contributed by atoms with Gasteiger partial charge in [-0.05, 0) is 24.6 Å². The molecule has 0 saturated carbocycles. The summed E-state index contributed by atoms with van der Waals surface area (Å²) in [6.45, 7) is 1.50. The molecule has 3 N–H and O–H groups in total. The number of carboxylic acid groups (broad SMARTS) is 1. The van der Waals surface area contributed by atoms with E-state index in [2.05, 4.69) is 20.3 Å². The van der Waals surface area contributed by atoms with Gasteiger partial charge in [0.25, 0.3) is 10.0 Å². The Morgan fingerprint density at radius 3 is 2.61 bits per heavy atom. The normalized spacial score (nSPS) is 10.6. The van der Waals surface area contributed by atoms with Crippen LogP contribution in [0.3, 0.4) is 0 Å². The van der Waals surface area contributed by atoms with Crippen molar-refractivity contribution < 1.29 is 27.9 Å². The van der Waals surface area contributed by atoms with Gasteiger partial charge in [0.05, 0.1) is 25.2 Å². The van der Waals surface area contributed by atoms with Gasteiger partial charge in [0, 0.05) is 0 Å². The van der Waals surface area contributed by atoms with Gasteiger partial charge >= 0.3 is 18.0 Å². The molecule has 0 aliphatic heterocycles. The van der Waals surface area contributed by atoms with Crippen molar-refractivity contribution in [2.45, 2.75) is 18.2 Å². The van der Waals surface area contributed by atoms with Crippen LogP contribution in [0.4, 0.5) is 10.7 Å². The molecule has 0 bridgehead atoms. The lowest BCUT2D eigenvalue weighted by atomic mass is 10.1. The van der Waals surface area contributed by atoms with Crippen molar-refractivity contribution in [3.63, 3.8) is 0 Å². The highest BCUT2D eigenvalue weighted by Crippen LogP contribution is 2.19. The van der Waals surface area contributed by atoms with E-state index in [0.29, 0.717) is 0 Å². The topological polar surface area (TPSA) is 184 Å². The number of aryl methyl sites for hydroxylation is 1. The zero-order chi connectivity index (χ0) is 20.9. The van der Waals surface area contributed by atoms with Crippen molar-refractivity contribution in [1.29, 1.82) is 5.26 Å². The molecule has 2 aromatic rings. The van der Waals surface area contributed by atoms with Crippen molar-refractivity contribution >= 4 is 28.0 Å². The van der Waals surface area contributed by atoms with Crippen LogP contribution >= 0.6 is 0 Å². The maximum Gasteiger partial charge on any atom is 0.337 e. The molecule has 13 heteroatoms. The fourth-order valence-electron chi connectivity index (χ4n) is 2.08.